The van der Waals surface area contributed by atoms with E-state index in [1.54, 1.807) is 12.1 Å². The van der Waals surface area contributed by atoms with Crippen LogP contribution in [-0.2, 0) is 16.4 Å². The first-order chi connectivity index (χ1) is 12.9. The molecule has 0 aromatic heterocycles. The monoisotopic (exact) mass is 384 g/mol. The fourth-order valence-corrected chi connectivity index (χ4v) is 5.70. The predicted octanol–water partition coefficient (Wildman–Crippen LogP) is 3.37. The molecule has 2 aromatic rings. The minimum absolute atomic E-state index is 0.0228. The molecule has 27 heavy (non-hydrogen) atoms. The first kappa shape index (κ1) is 18.0. The van der Waals surface area contributed by atoms with Crippen molar-refractivity contribution >= 4 is 21.6 Å². The van der Waals surface area contributed by atoms with Gasteiger partial charge >= 0.3 is 0 Å². The van der Waals surface area contributed by atoms with Crippen molar-refractivity contribution in [3.8, 4) is 0 Å². The fourth-order valence-electron chi connectivity index (χ4n) is 4.44. The summed E-state index contributed by atoms with van der Waals surface area (Å²) in [5.41, 5.74) is 3.43. The maximum absolute atomic E-state index is 13.2. The number of fused-ring (bicyclic) bond motifs is 1. The Morgan fingerprint density at radius 3 is 2.56 bits per heavy atom. The number of hydrogen-bond acceptors (Lipinski definition) is 3. The van der Waals surface area contributed by atoms with E-state index in [0.29, 0.717) is 17.7 Å². The van der Waals surface area contributed by atoms with E-state index >= 15 is 0 Å². The minimum atomic E-state index is -3.32. The Bertz CT molecular complexity index is 972. The van der Waals surface area contributed by atoms with E-state index in [2.05, 4.69) is 12.1 Å². The minimum Gasteiger partial charge on any atom is -0.332 e. The summed E-state index contributed by atoms with van der Waals surface area (Å²) in [6.45, 7) is 2.65. The number of carbonyl (C=O) groups excluding carboxylic acids is 1. The van der Waals surface area contributed by atoms with E-state index in [-0.39, 0.29) is 18.0 Å². The Labute approximate surface area is 160 Å². The van der Waals surface area contributed by atoms with Gasteiger partial charge in [0, 0.05) is 18.2 Å². The van der Waals surface area contributed by atoms with Crippen LogP contribution in [0.5, 0.6) is 0 Å². The average Bonchev–Trinajstić information content (AvgIpc) is 3.24. The maximum atomic E-state index is 13.2. The Balaban J connectivity index is 1.63. The third-order valence-electron chi connectivity index (χ3n) is 5.53. The Morgan fingerprint density at radius 1 is 1.11 bits per heavy atom. The van der Waals surface area contributed by atoms with Crippen LogP contribution in [0, 0.1) is 0 Å². The standard InChI is InChI=1S/C21H24N2O3S/c1-15-13-18-14-17(10-11-20(18)23(15)27(2,25)26)21(24)22-12-6-9-19(22)16-7-4-3-5-8-16/h3-5,7-8,10-11,14-15,19H,6,9,12-13H2,1-2H3. The second kappa shape index (κ2) is 6.68. The lowest BCUT2D eigenvalue weighted by atomic mass is 10.0. The molecular weight excluding hydrogens is 360 g/mol. The maximum Gasteiger partial charge on any atom is 0.254 e. The zero-order valence-corrected chi connectivity index (χ0v) is 16.4. The number of sulfonamides is 1. The van der Waals surface area contributed by atoms with Crippen molar-refractivity contribution in [2.45, 2.75) is 38.3 Å². The first-order valence-electron chi connectivity index (χ1n) is 9.34. The van der Waals surface area contributed by atoms with Gasteiger partial charge in [0.25, 0.3) is 5.91 Å². The van der Waals surface area contributed by atoms with Gasteiger partial charge in [0.15, 0.2) is 0 Å². The van der Waals surface area contributed by atoms with Crippen LogP contribution < -0.4 is 4.31 Å². The number of likely N-dealkylation sites (tertiary alicyclic amines) is 1. The molecule has 2 aromatic carbocycles. The van der Waals surface area contributed by atoms with Crippen LogP contribution in [0.25, 0.3) is 0 Å². The topological polar surface area (TPSA) is 57.7 Å². The summed E-state index contributed by atoms with van der Waals surface area (Å²) in [7, 11) is -3.32. The molecular formula is C21H24N2O3S. The van der Waals surface area contributed by atoms with Crippen molar-refractivity contribution in [3.05, 3.63) is 65.2 Å². The molecule has 0 radical (unpaired) electrons. The van der Waals surface area contributed by atoms with Gasteiger partial charge in [-0.25, -0.2) is 8.42 Å². The van der Waals surface area contributed by atoms with Crippen LogP contribution in [-0.4, -0.2) is 38.1 Å². The van der Waals surface area contributed by atoms with E-state index in [1.165, 1.54) is 16.1 Å². The summed E-state index contributed by atoms with van der Waals surface area (Å²) < 4.78 is 25.6. The number of nitrogens with zero attached hydrogens (tertiary/aromatic N) is 2. The molecule has 142 valence electrons. The van der Waals surface area contributed by atoms with E-state index in [0.717, 1.165) is 24.9 Å². The summed E-state index contributed by atoms with van der Waals surface area (Å²) in [6, 6.07) is 15.6. The highest BCUT2D eigenvalue weighted by Crippen LogP contribution is 2.37. The molecule has 4 rings (SSSR count). The average molecular weight is 385 g/mol. The first-order valence-corrected chi connectivity index (χ1v) is 11.2. The zero-order valence-electron chi connectivity index (χ0n) is 15.6. The molecule has 2 aliphatic heterocycles. The lowest BCUT2D eigenvalue weighted by Gasteiger charge is -2.25. The second-order valence-corrected chi connectivity index (χ2v) is 9.38. The van der Waals surface area contributed by atoms with Crippen LogP contribution in [0.4, 0.5) is 5.69 Å². The number of rotatable bonds is 3. The van der Waals surface area contributed by atoms with Crippen LogP contribution >= 0.6 is 0 Å². The number of carbonyl (C=O) groups is 1. The Kier molecular flexibility index (Phi) is 4.46. The molecule has 2 heterocycles. The highest BCUT2D eigenvalue weighted by atomic mass is 32.2. The quantitative estimate of drug-likeness (QED) is 0.815. The van der Waals surface area contributed by atoms with Crippen LogP contribution in [0.15, 0.2) is 48.5 Å². The van der Waals surface area contributed by atoms with Gasteiger partial charge in [-0.15, -0.1) is 0 Å². The third-order valence-corrected chi connectivity index (χ3v) is 6.81. The van der Waals surface area contributed by atoms with E-state index < -0.39 is 10.0 Å². The summed E-state index contributed by atoms with van der Waals surface area (Å²) in [4.78, 5) is 15.1. The normalized spacial score (nSPS) is 22.1. The zero-order chi connectivity index (χ0) is 19.2. The number of hydrogen-bond donors (Lipinski definition) is 0. The SMILES string of the molecule is CC1Cc2cc(C(=O)N3CCCC3c3ccccc3)ccc2N1S(C)(=O)=O. The van der Waals surface area contributed by atoms with E-state index in [1.807, 2.05) is 36.1 Å². The van der Waals surface area contributed by atoms with Gasteiger partial charge in [0.1, 0.15) is 0 Å². The van der Waals surface area contributed by atoms with Gasteiger partial charge in [0.2, 0.25) is 10.0 Å². The van der Waals surface area contributed by atoms with Crippen molar-refractivity contribution in [1.29, 1.82) is 0 Å². The molecule has 0 N–H and O–H groups in total. The van der Waals surface area contributed by atoms with Crippen LogP contribution in [0.3, 0.4) is 0 Å². The van der Waals surface area contributed by atoms with Crippen molar-refractivity contribution in [1.82, 2.24) is 4.90 Å². The molecule has 1 fully saturated rings. The summed E-state index contributed by atoms with van der Waals surface area (Å²) >= 11 is 0. The highest BCUT2D eigenvalue weighted by Gasteiger charge is 2.34. The molecule has 0 aliphatic carbocycles. The highest BCUT2D eigenvalue weighted by molar-refractivity contribution is 7.92. The lowest BCUT2D eigenvalue weighted by Crippen LogP contribution is -2.34. The van der Waals surface area contributed by atoms with E-state index in [9.17, 15) is 13.2 Å². The van der Waals surface area contributed by atoms with Crippen LogP contribution in [0.2, 0.25) is 0 Å². The third kappa shape index (κ3) is 3.23. The van der Waals surface area contributed by atoms with Gasteiger partial charge in [-0.3, -0.25) is 9.10 Å². The summed E-state index contributed by atoms with van der Waals surface area (Å²) in [5, 5.41) is 0. The van der Waals surface area contributed by atoms with Gasteiger partial charge in [-0.1, -0.05) is 30.3 Å². The predicted molar refractivity (Wildman–Crippen MR) is 106 cm³/mol. The molecule has 0 bridgehead atoms. The Hall–Kier alpha value is -2.34. The van der Waals surface area contributed by atoms with Crippen LogP contribution in [0.1, 0.15) is 47.3 Å². The largest absolute Gasteiger partial charge is 0.332 e. The van der Waals surface area contributed by atoms with Crippen molar-refractivity contribution < 1.29 is 13.2 Å². The lowest BCUT2D eigenvalue weighted by molar-refractivity contribution is 0.0735. The second-order valence-electron chi connectivity index (χ2n) is 7.52. The van der Waals surface area contributed by atoms with Crippen molar-refractivity contribution in [2.24, 2.45) is 0 Å². The molecule has 1 saturated heterocycles. The summed E-state index contributed by atoms with van der Waals surface area (Å²) in [5.74, 6) is 0.0228. The molecule has 1 amide bonds. The molecule has 0 saturated carbocycles. The van der Waals surface area contributed by atoms with Gasteiger partial charge < -0.3 is 4.90 Å². The van der Waals surface area contributed by atoms with Gasteiger partial charge in [-0.05, 0) is 55.5 Å². The molecule has 6 heteroatoms. The number of anilines is 1. The summed E-state index contributed by atoms with van der Waals surface area (Å²) in [6.07, 6.45) is 3.83. The molecule has 2 aliphatic rings. The Morgan fingerprint density at radius 2 is 1.85 bits per heavy atom. The number of amides is 1. The van der Waals surface area contributed by atoms with Gasteiger partial charge in [0.05, 0.1) is 18.0 Å². The molecule has 2 unspecified atom stereocenters. The smallest absolute Gasteiger partial charge is 0.254 e. The van der Waals surface area contributed by atoms with Crippen molar-refractivity contribution in [2.75, 3.05) is 17.1 Å². The molecule has 0 spiro atoms. The van der Waals surface area contributed by atoms with Gasteiger partial charge in [-0.2, -0.15) is 0 Å². The van der Waals surface area contributed by atoms with Crippen molar-refractivity contribution in [3.63, 3.8) is 0 Å². The number of benzene rings is 2. The molecule has 2 atom stereocenters. The fraction of sp³-hybridized carbons (Fsp3) is 0.381. The van der Waals surface area contributed by atoms with E-state index in [4.69, 9.17) is 0 Å². The molecule has 5 nitrogen and oxygen atoms in total.